The highest BCUT2D eigenvalue weighted by molar-refractivity contribution is 7.98. The largest absolute Gasteiger partial charge is 0.339 e. The first-order valence-electron chi connectivity index (χ1n) is 6.56. The Morgan fingerprint density at radius 1 is 1.30 bits per heavy atom. The fourth-order valence-electron chi connectivity index (χ4n) is 1.60. The quantitative estimate of drug-likeness (QED) is 0.792. The van der Waals surface area contributed by atoms with Gasteiger partial charge in [-0.05, 0) is 24.3 Å². The molecule has 0 saturated heterocycles. The van der Waals surface area contributed by atoms with Gasteiger partial charge in [-0.15, -0.1) is 11.8 Å². The van der Waals surface area contributed by atoms with Crippen molar-refractivity contribution < 1.29 is 4.52 Å². The molecular weight excluding hydrogens is 294 g/mol. The van der Waals surface area contributed by atoms with Gasteiger partial charge in [-0.3, -0.25) is 0 Å². The summed E-state index contributed by atoms with van der Waals surface area (Å²) in [6.07, 6.45) is 0.761. The maximum atomic E-state index is 5.85. The van der Waals surface area contributed by atoms with Gasteiger partial charge in [0, 0.05) is 28.9 Å². The Bertz CT molecular complexity index is 527. The molecule has 108 valence electrons. The highest BCUT2D eigenvalue weighted by Crippen LogP contribution is 2.23. The Balaban J connectivity index is 1.79. The summed E-state index contributed by atoms with van der Waals surface area (Å²) in [7, 11) is 0. The SMILES string of the molecule is CC(C)NCCc1nc(CSc2ccc(Cl)cc2)no1. The van der Waals surface area contributed by atoms with Crippen LogP contribution in [-0.4, -0.2) is 22.7 Å². The van der Waals surface area contributed by atoms with Crippen LogP contribution in [-0.2, 0) is 12.2 Å². The third-order valence-electron chi connectivity index (χ3n) is 2.58. The predicted molar refractivity (Wildman–Crippen MR) is 82.2 cm³/mol. The van der Waals surface area contributed by atoms with Crippen LogP contribution in [0.1, 0.15) is 25.6 Å². The van der Waals surface area contributed by atoms with E-state index in [1.807, 2.05) is 24.3 Å². The van der Waals surface area contributed by atoms with Crippen molar-refractivity contribution in [3.8, 4) is 0 Å². The van der Waals surface area contributed by atoms with Crippen LogP contribution in [0.4, 0.5) is 0 Å². The molecule has 1 aromatic heterocycles. The van der Waals surface area contributed by atoms with E-state index in [0.29, 0.717) is 17.7 Å². The summed E-state index contributed by atoms with van der Waals surface area (Å²) < 4.78 is 5.22. The molecule has 4 nitrogen and oxygen atoms in total. The fourth-order valence-corrected chi connectivity index (χ4v) is 2.46. The molecule has 0 aliphatic rings. The third-order valence-corrected chi connectivity index (χ3v) is 3.84. The van der Waals surface area contributed by atoms with E-state index in [0.717, 1.165) is 28.7 Å². The number of hydrogen-bond donors (Lipinski definition) is 1. The van der Waals surface area contributed by atoms with E-state index >= 15 is 0 Å². The van der Waals surface area contributed by atoms with Gasteiger partial charge in [-0.1, -0.05) is 30.6 Å². The van der Waals surface area contributed by atoms with Crippen LogP contribution in [0.5, 0.6) is 0 Å². The number of aromatic nitrogens is 2. The van der Waals surface area contributed by atoms with Gasteiger partial charge in [0.25, 0.3) is 0 Å². The predicted octanol–water partition coefficient (Wildman–Crippen LogP) is 3.56. The third kappa shape index (κ3) is 5.15. The van der Waals surface area contributed by atoms with Crippen molar-refractivity contribution >= 4 is 23.4 Å². The standard InChI is InChI=1S/C14H18ClN3OS/c1-10(2)16-8-7-14-17-13(18-19-14)9-20-12-5-3-11(15)4-6-12/h3-6,10,16H,7-9H2,1-2H3. The van der Waals surface area contributed by atoms with Gasteiger partial charge in [0.2, 0.25) is 5.89 Å². The van der Waals surface area contributed by atoms with Gasteiger partial charge in [0.1, 0.15) is 0 Å². The summed E-state index contributed by atoms with van der Waals surface area (Å²) >= 11 is 7.51. The maximum absolute atomic E-state index is 5.85. The van der Waals surface area contributed by atoms with Crippen molar-refractivity contribution in [2.75, 3.05) is 6.54 Å². The Hall–Kier alpha value is -1.04. The Morgan fingerprint density at radius 3 is 2.75 bits per heavy atom. The van der Waals surface area contributed by atoms with E-state index in [1.165, 1.54) is 0 Å². The average Bonchev–Trinajstić information content (AvgIpc) is 2.86. The van der Waals surface area contributed by atoms with E-state index in [2.05, 4.69) is 29.3 Å². The minimum Gasteiger partial charge on any atom is -0.339 e. The molecule has 0 spiro atoms. The number of nitrogens with zero attached hydrogens (tertiary/aromatic N) is 2. The molecule has 6 heteroatoms. The zero-order chi connectivity index (χ0) is 14.4. The summed E-state index contributed by atoms with van der Waals surface area (Å²) in [5.41, 5.74) is 0. The molecule has 1 N–H and O–H groups in total. The molecule has 0 aliphatic heterocycles. The first-order valence-corrected chi connectivity index (χ1v) is 7.93. The van der Waals surface area contributed by atoms with Crippen molar-refractivity contribution in [1.29, 1.82) is 0 Å². The Labute approximate surface area is 128 Å². The van der Waals surface area contributed by atoms with E-state index in [9.17, 15) is 0 Å². The average molecular weight is 312 g/mol. The number of nitrogens with one attached hydrogen (secondary N) is 1. The lowest BCUT2D eigenvalue weighted by Crippen LogP contribution is -2.25. The lowest BCUT2D eigenvalue weighted by atomic mass is 10.3. The second-order valence-electron chi connectivity index (χ2n) is 4.71. The number of benzene rings is 1. The molecule has 0 saturated carbocycles. The summed E-state index contributed by atoms with van der Waals surface area (Å²) in [4.78, 5) is 5.52. The van der Waals surface area contributed by atoms with Crippen molar-refractivity contribution in [3.63, 3.8) is 0 Å². The summed E-state index contributed by atoms with van der Waals surface area (Å²) in [5.74, 6) is 2.11. The van der Waals surface area contributed by atoms with Gasteiger partial charge in [-0.2, -0.15) is 4.98 Å². The topological polar surface area (TPSA) is 51.0 Å². The molecule has 1 heterocycles. The zero-order valence-electron chi connectivity index (χ0n) is 11.6. The van der Waals surface area contributed by atoms with Crippen molar-refractivity contribution in [2.24, 2.45) is 0 Å². The molecule has 2 aromatic rings. The highest BCUT2D eigenvalue weighted by Gasteiger charge is 2.07. The Kier molecular flexibility index (Phi) is 5.88. The minimum absolute atomic E-state index is 0.470. The first kappa shape index (κ1) is 15.4. The van der Waals surface area contributed by atoms with Crippen LogP contribution in [0.15, 0.2) is 33.7 Å². The van der Waals surface area contributed by atoms with Crippen molar-refractivity contribution in [2.45, 2.75) is 37.0 Å². The number of thioether (sulfide) groups is 1. The van der Waals surface area contributed by atoms with Crippen molar-refractivity contribution in [1.82, 2.24) is 15.5 Å². The maximum Gasteiger partial charge on any atom is 0.227 e. The van der Waals surface area contributed by atoms with Gasteiger partial charge in [-0.25, -0.2) is 0 Å². The molecule has 0 bridgehead atoms. The normalized spacial score (nSPS) is 11.2. The number of hydrogen-bond acceptors (Lipinski definition) is 5. The molecule has 0 fully saturated rings. The number of rotatable bonds is 7. The second-order valence-corrected chi connectivity index (χ2v) is 6.19. The van der Waals surface area contributed by atoms with Crippen LogP contribution in [0, 0.1) is 0 Å². The second kappa shape index (κ2) is 7.67. The summed E-state index contributed by atoms with van der Waals surface area (Å²) in [6.45, 7) is 5.08. The van der Waals surface area contributed by atoms with E-state index in [1.54, 1.807) is 11.8 Å². The van der Waals surface area contributed by atoms with Crippen LogP contribution in [0.25, 0.3) is 0 Å². The van der Waals surface area contributed by atoms with E-state index < -0.39 is 0 Å². The summed E-state index contributed by atoms with van der Waals surface area (Å²) in [5, 5.41) is 8.05. The number of halogens is 1. The molecule has 0 unspecified atom stereocenters. The molecular formula is C14H18ClN3OS. The van der Waals surface area contributed by atoms with Gasteiger partial charge >= 0.3 is 0 Å². The molecule has 20 heavy (non-hydrogen) atoms. The summed E-state index contributed by atoms with van der Waals surface area (Å²) in [6, 6.07) is 8.20. The fraction of sp³-hybridized carbons (Fsp3) is 0.429. The van der Waals surface area contributed by atoms with E-state index in [4.69, 9.17) is 16.1 Å². The zero-order valence-corrected chi connectivity index (χ0v) is 13.2. The van der Waals surface area contributed by atoms with Crippen LogP contribution in [0.2, 0.25) is 5.02 Å². The minimum atomic E-state index is 0.470. The highest BCUT2D eigenvalue weighted by atomic mass is 35.5. The van der Waals surface area contributed by atoms with E-state index in [-0.39, 0.29) is 0 Å². The van der Waals surface area contributed by atoms with Crippen LogP contribution in [0.3, 0.4) is 0 Å². The molecule has 0 aliphatic carbocycles. The van der Waals surface area contributed by atoms with Gasteiger partial charge in [0.15, 0.2) is 5.82 Å². The monoisotopic (exact) mass is 311 g/mol. The molecule has 0 atom stereocenters. The lowest BCUT2D eigenvalue weighted by molar-refractivity contribution is 0.370. The first-order chi connectivity index (χ1) is 9.63. The van der Waals surface area contributed by atoms with Gasteiger partial charge < -0.3 is 9.84 Å². The molecule has 0 amide bonds. The van der Waals surface area contributed by atoms with Crippen LogP contribution >= 0.6 is 23.4 Å². The molecule has 2 rings (SSSR count). The molecule has 0 radical (unpaired) electrons. The van der Waals surface area contributed by atoms with Crippen LogP contribution < -0.4 is 5.32 Å². The lowest BCUT2D eigenvalue weighted by Gasteiger charge is -2.04. The van der Waals surface area contributed by atoms with Gasteiger partial charge in [0.05, 0.1) is 5.75 Å². The Morgan fingerprint density at radius 2 is 2.05 bits per heavy atom. The van der Waals surface area contributed by atoms with Crippen molar-refractivity contribution in [3.05, 3.63) is 41.0 Å². The smallest absolute Gasteiger partial charge is 0.227 e. The molecule has 1 aromatic carbocycles.